The standard InChI is InChI=1S/C24H21IN4O4S/c1-13-10-15(25)8-9-16(13)27-19(30)11-29-12-26-23-20(24(29)32)14(2)21(34-23)22(31)28-17-6-4-5-7-18(17)33-3/h4-10,12H,11H2,1-3H3,(H,27,30)(H,28,31). The highest BCUT2D eigenvalue weighted by Crippen LogP contribution is 2.29. The van der Waals surface area contributed by atoms with Gasteiger partial charge in [-0.2, -0.15) is 0 Å². The van der Waals surface area contributed by atoms with E-state index in [4.69, 9.17) is 4.74 Å². The van der Waals surface area contributed by atoms with Gasteiger partial charge in [0.15, 0.2) is 0 Å². The third kappa shape index (κ3) is 4.82. The number of aromatic nitrogens is 2. The highest BCUT2D eigenvalue weighted by Gasteiger charge is 2.21. The maximum Gasteiger partial charge on any atom is 0.266 e. The van der Waals surface area contributed by atoms with Gasteiger partial charge in [-0.05, 0) is 77.9 Å². The molecule has 0 saturated carbocycles. The van der Waals surface area contributed by atoms with Crippen LogP contribution >= 0.6 is 33.9 Å². The number of hydrogen-bond donors (Lipinski definition) is 2. The molecule has 0 spiro atoms. The summed E-state index contributed by atoms with van der Waals surface area (Å²) in [5.74, 6) is -0.165. The Kier molecular flexibility index (Phi) is 6.98. The smallest absolute Gasteiger partial charge is 0.266 e. The highest BCUT2D eigenvalue weighted by atomic mass is 127. The number of para-hydroxylation sites is 2. The van der Waals surface area contributed by atoms with E-state index in [1.807, 2.05) is 31.2 Å². The van der Waals surface area contributed by atoms with Crippen LogP contribution in [-0.4, -0.2) is 28.5 Å². The van der Waals surface area contributed by atoms with Crippen LogP contribution in [0.1, 0.15) is 20.8 Å². The second-order valence-corrected chi connectivity index (χ2v) is 9.82. The van der Waals surface area contributed by atoms with Gasteiger partial charge >= 0.3 is 0 Å². The summed E-state index contributed by atoms with van der Waals surface area (Å²) in [6.07, 6.45) is 1.34. The van der Waals surface area contributed by atoms with Gasteiger partial charge in [-0.25, -0.2) is 4.98 Å². The van der Waals surface area contributed by atoms with Crippen molar-refractivity contribution < 1.29 is 14.3 Å². The van der Waals surface area contributed by atoms with Gasteiger partial charge in [0.05, 0.1) is 29.4 Å². The number of benzene rings is 2. The molecule has 0 fully saturated rings. The number of amides is 2. The predicted molar refractivity (Wildman–Crippen MR) is 142 cm³/mol. The van der Waals surface area contributed by atoms with E-state index >= 15 is 0 Å². The first kappa shape index (κ1) is 23.9. The Morgan fingerprint density at radius 1 is 1.12 bits per heavy atom. The average Bonchev–Trinajstić information content (AvgIpc) is 3.15. The lowest BCUT2D eigenvalue weighted by Crippen LogP contribution is -2.28. The topological polar surface area (TPSA) is 102 Å². The molecule has 0 saturated heterocycles. The molecule has 0 bridgehead atoms. The SMILES string of the molecule is COc1ccccc1NC(=O)c1sc2ncn(CC(=O)Nc3ccc(I)cc3C)c(=O)c2c1C. The van der Waals surface area contributed by atoms with Crippen LogP contribution in [0.15, 0.2) is 53.6 Å². The summed E-state index contributed by atoms with van der Waals surface area (Å²) in [6.45, 7) is 3.42. The summed E-state index contributed by atoms with van der Waals surface area (Å²) in [4.78, 5) is 43.8. The van der Waals surface area contributed by atoms with Crippen LogP contribution in [0.3, 0.4) is 0 Å². The summed E-state index contributed by atoms with van der Waals surface area (Å²) in [5.41, 5.74) is 2.30. The summed E-state index contributed by atoms with van der Waals surface area (Å²) in [6, 6.07) is 12.8. The Balaban J connectivity index is 1.59. The Labute approximate surface area is 213 Å². The van der Waals surface area contributed by atoms with Crippen molar-refractivity contribution in [2.45, 2.75) is 20.4 Å². The summed E-state index contributed by atoms with van der Waals surface area (Å²) in [5, 5.41) is 5.99. The van der Waals surface area contributed by atoms with Gasteiger partial charge in [-0.1, -0.05) is 12.1 Å². The molecule has 2 heterocycles. The molecule has 0 aliphatic rings. The zero-order valence-electron chi connectivity index (χ0n) is 18.6. The third-order valence-corrected chi connectivity index (χ3v) is 7.12. The number of thiophene rings is 1. The average molecular weight is 588 g/mol. The number of carbonyl (C=O) groups is 2. The van der Waals surface area contributed by atoms with Crippen LogP contribution in [0.5, 0.6) is 5.75 Å². The molecule has 2 N–H and O–H groups in total. The van der Waals surface area contributed by atoms with E-state index in [2.05, 4.69) is 38.2 Å². The van der Waals surface area contributed by atoms with E-state index in [-0.39, 0.29) is 23.9 Å². The first-order valence-corrected chi connectivity index (χ1v) is 12.2. The van der Waals surface area contributed by atoms with Gasteiger partial charge in [0.1, 0.15) is 17.1 Å². The second-order valence-electron chi connectivity index (χ2n) is 7.58. The Bertz CT molecular complexity index is 1480. The predicted octanol–water partition coefficient (Wildman–Crippen LogP) is 4.58. The Hall–Kier alpha value is -3.25. The number of halogens is 1. The largest absolute Gasteiger partial charge is 0.495 e. The van der Waals surface area contributed by atoms with Crippen LogP contribution in [0.25, 0.3) is 10.2 Å². The van der Waals surface area contributed by atoms with Crippen molar-refractivity contribution in [1.29, 1.82) is 0 Å². The normalized spacial score (nSPS) is 10.8. The summed E-state index contributed by atoms with van der Waals surface area (Å²) in [7, 11) is 1.53. The fourth-order valence-electron chi connectivity index (χ4n) is 3.53. The highest BCUT2D eigenvalue weighted by molar-refractivity contribution is 14.1. The Morgan fingerprint density at radius 3 is 2.62 bits per heavy atom. The zero-order chi connectivity index (χ0) is 24.4. The number of methoxy groups -OCH3 is 1. The van der Waals surface area contributed by atoms with Crippen LogP contribution in [0.4, 0.5) is 11.4 Å². The number of aryl methyl sites for hydroxylation is 2. The number of anilines is 2. The lowest BCUT2D eigenvalue weighted by molar-refractivity contribution is -0.116. The molecule has 0 aliphatic carbocycles. The van der Waals surface area contributed by atoms with Crippen molar-refractivity contribution in [2.75, 3.05) is 17.7 Å². The number of ether oxygens (including phenoxy) is 1. The van der Waals surface area contributed by atoms with Gasteiger partial charge in [0.2, 0.25) is 5.91 Å². The van der Waals surface area contributed by atoms with Gasteiger partial charge in [-0.15, -0.1) is 11.3 Å². The van der Waals surface area contributed by atoms with Crippen LogP contribution < -0.4 is 20.9 Å². The molecular weight excluding hydrogens is 567 g/mol. The van der Waals surface area contributed by atoms with E-state index in [0.717, 1.165) is 20.5 Å². The molecule has 2 amide bonds. The number of rotatable bonds is 6. The maximum absolute atomic E-state index is 13.1. The molecule has 4 rings (SSSR count). The fraction of sp³-hybridized carbons (Fsp3) is 0.167. The van der Waals surface area contributed by atoms with E-state index in [1.54, 1.807) is 25.1 Å². The van der Waals surface area contributed by atoms with Gasteiger partial charge in [0, 0.05) is 9.26 Å². The third-order valence-electron chi connectivity index (χ3n) is 5.26. The van der Waals surface area contributed by atoms with Crippen molar-refractivity contribution in [3.63, 3.8) is 0 Å². The van der Waals surface area contributed by atoms with E-state index in [1.165, 1.54) is 18.0 Å². The molecular formula is C24H21IN4O4S. The molecule has 10 heteroatoms. The van der Waals surface area contributed by atoms with Crippen molar-refractivity contribution >= 4 is 67.3 Å². The van der Waals surface area contributed by atoms with Crippen LogP contribution in [-0.2, 0) is 11.3 Å². The second kappa shape index (κ2) is 9.94. The van der Waals surface area contributed by atoms with Gasteiger partial charge in [-0.3, -0.25) is 19.0 Å². The number of nitrogens with zero attached hydrogens (tertiary/aromatic N) is 2. The minimum Gasteiger partial charge on any atom is -0.495 e. The minimum atomic E-state index is -0.371. The van der Waals surface area contributed by atoms with E-state index in [9.17, 15) is 14.4 Å². The minimum absolute atomic E-state index is 0.189. The molecule has 0 atom stereocenters. The molecule has 34 heavy (non-hydrogen) atoms. The van der Waals surface area contributed by atoms with Gasteiger partial charge in [0.25, 0.3) is 11.5 Å². The first-order valence-electron chi connectivity index (χ1n) is 10.3. The lowest BCUT2D eigenvalue weighted by atomic mass is 10.2. The van der Waals surface area contributed by atoms with Crippen molar-refractivity contribution in [3.8, 4) is 5.75 Å². The molecule has 0 radical (unpaired) electrons. The first-order chi connectivity index (χ1) is 16.3. The molecule has 2 aromatic carbocycles. The van der Waals surface area contributed by atoms with E-state index in [0.29, 0.717) is 37.8 Å². The number of fused-ring (bicyclic) bond motifs is 1. The fourth-order valence-corrected chi connectivity index (χ4v) is 5.21. The number of hydrogen-bond acceptors (Lipinski definition) is 6. The van der Waals surface area contributed by atoms with Gasteiger partial charge < -0.3 is 15.4 Å². The molecule has 4 aromatic rings. The molecule has 174 valence electrons. The molecule has 0 aliphatic heterocycles. The van der Waals surface area contributed by atoms with Crippen molar-refractivity contribution in [2.24, 2.45) is 0 Å². The maximum atomic E-state index is 13.1. The quantitative estimate of drug-likeness (QED) is 0.321. The number of nitrogens with one attached hydrogen (secondary N) is 2. The van der Waals surface area contributed by atoms with Crippen LogP contribution in [0.2, 0.25) is 0 Å². The lowest BCUT2D eigenvalue weighted by Gasteiger charge is -2.10. The summed E-state index contributed by atoms with van der Waals surface area (Å²) < 4.78 is 7.60. The molecule has 8 nitrogen and oxygen atoms in total. The number of carbonyl (C=O) groups excluding carboxylic acids is 2. The van der Waals surface area contributed by atoms with Crippen molar-refractivity contribution in [3.05, 3.63) is 78.7 Å². The van der Waals surface area contributed by atoms with E-state index < -0.39 is 0 Å². The van der Waals surface area contributed by atoms with Crippen molar-refractivity contribution in [1.82, 2.24) is 9.55 Å². The molecule has 0 unspecified atom stereocenters. The monoisotopic (exact) mass is 588 g/mol. The summed E-state index contributed by atoms with van der Waals surface area (Å²) >= 11 is 3.34. The zero-order valence-corrected chi connectivity index (χ0v) is 21.6. The Morgan fingerprint density at radius 2 is 1.88 bits per heavy atom. The molecule has 2 aromatic heterocycles. The van der Waals surface area contributed by atoms with Crippen LogP contribution in [0, 0.1) is 17.4 Å².